The van der Waals surface area contributed by atoms with Gasteiger partial charge in [0.2, 0.25) is 0 Å². The first-order valence-corrected chi connectivity index (χ1v) is 8.95. The number of benzene rings is 1. The molecular formula is C17H17Cl3N4O. The van der Waals surface area contributed by atoms with E-state index < -0.39 is 0 Å². The van der Waals surface area contributed by atoms with Gasteiger partial charge in [-0.05, 0) is 24.6 Å². The van der Waals surface area contributed by atoms with E-state index >= 15 is 0 Å². The second-order valence-electron chi connectivity index (χ2n) is 5.82. The number of aryl methyl sites for hydroxylation is 1. The molecule has 25 heavy (non-hydrogen) atoms. The highest BCUT2D eigenvalue weighted by Gasteiger charge is 2.24. The van der Waals surface area contributed by atoms with Crippen LogP contribution in [0.1, 0.15) is 5.56 Å². The number of hydrogen-bond donors (Lipinski definition) is 1. The monoisotopic (exact) mass is 398 g/mol. The molecular weight excluding hydrogens is 383 g/mol. The van der Waals surface area contributed by atoms with Gasteiger partial charge in [-0.15, -0.1) is 0 Å². The number of hydrogen-bond acceptors (Lipinski definition) is 3. The van der Waals surface area contributed by atoms with Gasteiger partial charge >= 0.3 is 6.03 Å². The van der Waals surface area contributed by atoms with Gasteiger partial charge in [-0.3, -0.25) is 4.98 Å². The average molecular weight is 400 g/mol. The van der Waals surface area contributed by atoms with Crippen LogP contribution in [-0.4, -0.2) is 42.1 Å². The van der Waals surface area contributed by atoms with Crippen LogP contribution in [0.25, 0.3) is 0 Å². The smallest absolute Gasteiger partial charge is 0.321 e. The predicted molar refractivity (Wildman–Crippen MR) is 103 cm³/mol. The Morgan fingerprint density at radius 2 is 1.72 bits per heavy atom. The number of nitrogens with one attached hydrogen (secondary N) is 1. The van der Waals surface area contributed by atoms with Gasteiger partial charge in [-0.1, -0.05) is 40.9 Å². The zero-order valence-corrected chi connectivity index (χ0v) is 15.9. The van der Waals surface area contributed by atoms with Gasteiger partial charge in [0, 0.05) is 49.3 Å². The minimum atomic E-state index is -0.142. The Hall–Kier alpha value is -1.69. The van der Waals surface area contributed by atoms with Gasteiger partial charge in [0.25, 0.3) is 0 Å². The van der Waals surface area contributed by atoms with Crippen molar-refractivity contribution in [2.75, 3.05) is 36.4 Å². The number of urea groups is 1. The molecule has 5 nitrogen and oxygen atoms in total. The molecule has 1 aromatic carbocycles. The number of aromatic nitrogens is 1. The van der Waals surface area contributed by atoms with Crippen LogP contribution in [-0.2, 0) is 0 Å². The van der Waals surface area contributed by atoms with Crippen LogP contribution < -0.4 is 10.2 Å². The first-order valence-electron chi connectivity index (χ1n) is 7.81. The third-order valence-corrected chi connectivity index (χ3v) is 4.94. The summed E-state index contributed by atoms with van der Waals surface area (Å²) in [5.74, 6) is 0. The van der Waals surface area contributed by atoms with E-state index in [1.54, 1.807) is 29.4 Å². The first kappa shape index (κ1) is 18.1. The molecule has 2 aromatic rings. The third kappa shape index (κ3) is 4.11. The average Bonchev–Trinajstić information content (AvgIpc) is 2.58. The Bertz CT molecular complexity index is 771. The second kappa shape index (κ2) is 7.68. The zero-order chi connectivity index (χ0) is 18.0. The summed E-state index contributed by atoms with van der Waals surface area (Å²) in [6, 6.07) is 5.29. The van der Waals surface area contributed by atoms with Crippen molar-refractivity contribution < 1.29 is 4.79 Å². The molecule has 3 rings (SSSR count). The molecule has 1 saturated heterocycles. The van der Waals surface area contributed by atoms with Crippen molar-refractivity contribution in [3.63, 3.8) is 0 Å². The van der Waals surface area contributed by atoms with Crippen molar-refractivity contribution in [1.82, 2.24) is 9.88 Å². The Morgan fingerprint density at radius 1 is 1.08 bits per heavy atom. The van der Waals surface area contributed by atoms with Crippen molar-refractivity contribution in [1.29, 1.82) is 0 Å². The fourth-order valence-corrected chi connectivity index (χ4v) is 3.54. The number of carbonyl (C=O) groups is 1. The van der Waals surface area contributed by atoms with Crippen LogP contribution >= 0.6 is 34.8 Å². The highest BCUT2D eigenvalue weighted by molar-refractivity contribution is 6.38. The molecule has 1 aromatic heterocycles. The van der Waals surface area contributed by atoms with Gasteiger partial charge < -0.3 is 15.1 Å². The van der Waals surface area contributed by atoms with Crippen molar-refractivity contribution in [2.45, 2.75) is 6.92 Å². The number of amides is 2. The highest BCUT2D eigenvalue weighted by Crippen LogP contribution is 2.33. The SMILES string of the molecule is Cc1ccc(Cl)cc1NC(=O)N1CCN(c2c(Cl)cncc2Cl)CC1. The summed E-state index contributed by atoms with van der Waals surface area (Å²) < 4.78 is 0. The lowest BCUT2D eigenvalue weighted by atomic mass is 10.2. The van der Waals surface area contributed by atoms with E-state index in [2.05, 4.69) is 15.2 Å². The Kier molecular flexibility index (Phi) is 5.57. The number of nitrogens with zero attached hydrogens (tertiary/aromatic N) is 3. The summed E-state index contributed by atoms with van der Waals surface area (Å²) in [7, 11) is 0. The van der Waals surface area contributed by atoms with E-state index in [4.69, 9.17) is 34.8 Å². The molecule has 132 valence electrons. The van der Waals surface area contributed by atoms with Crippen LogP contribution in [0, 0.1) is 6.92 Å². The molecule has 1 aliphatic rings. The van der Waals surface area contributed by atoms with Gasteiger partial charge in [-0.25, -0.2) is 4.79 Å². The normalized spacial score (nSPS) is 14.6. The van der Waals surface area contributed by atoms with Gasteiger partial charge in [0.15, 0.2) is 0 Å². The predicted octanol–water partition coefficient (Wildman–Crippen LogP) is 4.70. The lowest BCUT2D eigenvalue weighted by Gasteiger charge is -2.36. The van der Waals surface area contributed by atoms with E-state index in [1.807, 2.05) is 13.0 Å². The maximum Gasteiger partial charge on any atom is 0.321 e. The summed E-state index contributed by atoms with van der Waals surface area (Å²) >= 11 is 18.4. The fourth-order valence-electron chi connectivity index (χ4n) is 2.76. The number of pyridine rings is 1. The number of rotatable bonds is 2. The Labute approximate surface area is 161 Å². The van der Waals surface area contributed by atoms with E-state index in [1.165, 1.54) is 0 Å². The summed E-state index contributed by atoms with van der Waals surface area (Å²) in [4.78, 5) is 20.3. The Balaban J connectivity index is 1.64. The van der Waals surface area contributed by atoms with Crippen LogP contribution in [0.2, 0.25) is 15.1 Å². The maximum atomic E-state index is 12.5. The van der Waals surface area contributed by atoms with E-state index in [0.717, 1.165) is 16.9 Å². The molecule has 1 aliphatic heterocycles. The molecule has 8 heteroatoms. The molecule has 0 radical (unpaired) electrons. The van der Waals surface area contributed by atoms with Gasteiger partial charge in [0.05, 0.1) is 15.7 Å². The lowest BCUT2D eigenvalue weighted by molar-refractivity contribution is 0.208. The van der Waals surface area contributed by atoms with Gasteiger partial charge in [0.1, 0.15) is 0 Å². The van der Waals surface area contributed by atoms with Crippen LogP contribution in [0.4, 0.5) is 16.2 Å². The Morgan fingerprint density at radius 3 is 2.36 bits per heavy atom. The summed E-state index contributed by atoms with van der Waals surface area (Å²) in [6.45, 7) is 4.36. The molecule has 2 heterocycles. The molecule has 1 fully saturated rings. The summed E-state index contributed by atoms with van der Waals surface area (Å²) in [6.07, 6.45) is 3.15. The molecule has 0 bridgehead atoms. The molecule has 2 amide bonds. The number of halogens is 3. The molecule has 0 atom stereocenters. The second-order valence-corrected chi connectivity index (χ2v) is 7.07. The maximum absolute atomic E-state index is 12.5. The molecule has 0 saturated carbocycles. The standard InChI is InChI=1S/C17H17Cl3N4O/c1-11-2-3-12(18)8-15(11)22-17(25)24-6-4-23(5-7-24)16-13(19)9-21-10-14(16)20/h2-3,8-10H,4-7H2,1H3,(H,22,25). The van der Waals surface area contributed by atoms with Crippen LogP contribution in [0.3, 0.4) is 0 Å². The minimum Gasteiger partial charge on any atom is -0.365 e. The van der Waals surface area contributed by atoms with E-state index in [9.17, 15) is 4.79 Å². The zero-order valence-electron chi connectivity index (χ0n) is 13.6. The molecule has 0 spiro atoms. The van der Waals surface area contributed by atoms with E-state index in [-0.39, 0.29) is 6.03 Å². The quantitative estimate of drug-likeness (QED) is 0.796. The topological polar surface area (TPSA) is 48.5 Å². The first-order chi connectivity index (χ1) is 12.0. The lowest BCUT2D eigenvalue weighted by Crippen LogP contribution is -2.50. The third-order valence-electron chi connectivity index (χ3n) is 4.15. The number of piperazine rings is 1. The molecule has 0 unspecified atom stereocenters. The molecule has 1 N–H and O–H groups in total. The van der Waals surface area contributed by atoms with Crippen LogP contribution in [0.5, 0.6) is 0 Å². The summed E-state index contributed by atoms with van der Waals surface area (Å²) in [5, 5.41) is 4.54. The fraction of sp³-hybridized carbons (Fsp3) is 0.294. The van der Waals surface area contributed by atoms with Crippen molar-refractivity contribution in [3.8, 4) is 0 Å². The minimum absolute atomic E-state index is 0.142. The van der Waals surface area contributed by atoms with Crippen LogP contribution in [0.15, 0.2) is 30.6 Å². The summed E-state index contributed by atoms with van der Waals surface area (Å²) in [5.41, 5.74) is 2.45. The van der Waals surface area contributed by atoms with Crippen molar-refractivity contribution in [3.05, 3.63) is 51.2 Å². The highest BCUT2D eigenvalue weighted by atomic mass is 35.5. The van der Waals surface area contributed by atoms with Gasteiger partial charge in [-0.2, -0.15) is 0 Å². The molecule has 0 aliphatic carbocycles. The van der Waals surface area contributed by atoms with E-state index in [0.29, 0.717) is 41.2 Å². The largest absolute Gasteiger partial charge is 0.365 e. The van der Waals surface area contributed by atoms with Crippen molar-refractivity contribution in [2.24, 2.45) is 0 Å². The van der Waals surface area contributed by atoms with Crippen molar-refractivity contribution >= 4 is 52.2 Å². The number of carbonyl (C=O) groups excluding carboxylic acids is 1. The number of anilines is 2.